The zero-order valence-electron chi connectivity index (χ0n) is 10.4. The van der Waals surface area contributed by atoms with Crippen molar-refractivity contribution in [1.82, 2.24) is 5.32 Å². The van der Waals surface area contributed by atoms with Crippen molar-refractivity contribution in [3.8, 4) is 12.3 Å². The van der Waals surface area contributed by atoms with Gasteiger partial charge < -0.3 is 5.32 Å². The number of benzene rings is 1. The quantitative estimate of drug-likeness (QED) is 0.563. The highest BCUT2D eigenvalue weighted by Crippen LogP contribution is 2.06. The minimum atomic E-state index is -0.163. The van der Waals surface area contributed by atoms with Gasteiger partial charge in [-0.05, 0) is 50.4 Å². The van der Waals surface area contributed by atoms with Crippen molar-refractivity contribution in [2.24, 2.45) is 0 Å². The fourth-order valence-electron chi connectivity index (χ4n) is 1.79. The van der Waals surface area contributed by atoms with Gasteiger partial charge in [0.25, 0.3) is 0 Å². The van der Waals surface area contributed by atoms with Gasteiger partial charge in [-0.2, -0.15) is 0 Å². The first-order valence-corrected chi connectivity index (χ1v) is 6.13. The SMILES string of the molecule is C#CCCCCNC(C)Cc1cccc(F)c1. The number of terminal acetylenes is 1. The summed E-state index contributed by atoms with van der Waals surface area (Å²) >= 11 is 0. The monoisotopic (exact) mass is 233 g/mol. The lowest BCUT2D eigenvalue weighted by molar-refractivity contribution is 0.525. The van der Waals surface area contributed by atoms with E-state index in [0.717, 1.165) is 37.8 Å². The largest absolute Gasteiger partial charge is 0.314 e. The Morgan fingerprint density at radius 3 is 2.94 bits per heavy atom. The van der Waals surface area contributed by atoms with E-state index in [4.69, 9.17) is 6.42 Å². The Labute approximate surface area is 103 Å². The average molecular weight is 233 g/mol. The second-order valence-electron chi connectivity index (χ2n) is 4.35. The highest BCUT2D eigenvalue weighted by atomic mass is 19.1. The molecule has 0 heterocycles. The summed E-state index contributed by atoms with van der Waals surface area (Å²) in [5.74, 6) is 2.47. The number of unbranched alkanes of at least 4 members (excludes halogenated alkanes) is 2. The molecular formula is C15H20FN. The van der Waals surface area contributed by atoms with Crippen LogP contribution in [0.15, 0.2) is 24.3 Å². The highest BCUT2D eigenvalue weighted by molar-refractivity contribution is 5.17. The van der Waals surface area contributed by atoms with E-state index in [1.807, 2.05) is 6.07 Å². The van der Waals surface area contributed by atoms with Crippen LogP contribution >= 0.6 is 0 Å². The lowest BCUT2D eigenvalue weighted by Gasteiger charge is -2.13. The predicted octanol–water partition coefficient (Wildman–Crippen LogP) is 3.15. The molecule has 2 heteroatoms. The third-order valence-corrected chi connectivity index (χ3v) is 2.67. The molecule has 0 aliphatic carbocycles. The number of nitrogens with one attached hydrogen (secondary N) is 1. The molecule has 0 saturated heterocycles. The summed E-state index contributed by atoms with van der Waals surface area (Å²) in [4.78, 5) is 0. The van der Waals surface area contributed by atoms with Gasteiger partial charge in [0.1, 0.15) is 5.82 Å². The Kier molecular flexibility index (Phi) is 6.35. The van der Waals surface area contributed by atoms with Crippen molar-refractivity contribution in [2.45, 2.75) is 38.6 Å². The van der Waals surface area contributed by atoms with E-state index in [9.17, 15) is 4.39 Å². The predicted molar refractivity (Wildman–Crippen MR) is 70.3 cm³/mol. The second kappa shape index (κ2) is 7.86. The van der Waals surface area contributed by atoms with Crippen molar-refractivity contribution in [3.63, 3.8) is 0 Å². The molecule has 1 nitrogen and oxygen atoms in total. The van der Waals surface area contributed by atoms with E-state index >= 15 is 0 Å². The molecule has 1 N–H and O–H groups in total. The number of rotatable bonds is 7. The Balaban J connectivity index is 2.21. The summed E-state index contributed by atoms with van der Waals surface area (Å²) in [6.45, 7) is 3.09. The van der Waals surface area contributed by atoms with Gasteiger partial charge in [-0.3, -0.25) is 0 Å². The summed E-state index contributed by atoms with van der Waals surface area (Å²) in [5.41, 5.74) is 1.04. The van der Waals surface area contributed by atoms with Gasteiger partial charge in [-0.25, -0.2) is 4.39 Å². The van der Waals surface area contributed by atoms with Crippen molar-refractivity contribution in [1.29, 1.82) is 0 Å². The molecule has 0 fully saturated rings. The normalized spacial score (nSPS) is 12.1. The van der Waals surface area contributed by atoms with E-state index in [-0.39, 0.29) is 5.82 Å². The molecule has 1 aromatic rings. The third kappa shape index (κ3) is 6.09. The molecule has 0 aliphatic heterocycles. The molecule has 92 valence electrons. The summed E-state index contributed by atoms with van der Waals surface area (Å²) in [6.07, 6.45) is 9.04. The molecule has 1 unspecified atom stereocenters. The fourth-order valence-corrected chi connectivity index (χ4v) is 1.79. The summed E-state index contributed by atoms with van der Waals surface area (Å²) in [7, 11) is 0. The summed E-state index contributed by atoms with van der Waals surface area (Å²) < 4.78 is 13.0. The van der Waals surface area contributed by atoms with Crippen molar-refractivity contribution in [2.75, 3.05) is 6.54 Å². The molecule has 1 rings (SSSR count). The highest BCUT2D eigenvalue weighted by Gasteiger charge is 2.03. The van der Waals surface area contributed by atoms with E-state index in [1.165, 1.54) is 6.07 Å². The third-order valence-electron chi connectivity index (χ3n) is 2.67. The zero-order chi connectivity index (χ0) is 12.5. The van der Waals surface area contributed by atoms with Crippen LogP contribution in [-0.4, -0.2) is 12.6 Å². The molecule has 0 amide bonds. The van der Waals surface area contributed by atoms with Gasteiger partial charge in [-0.1, -0.05) is 12.1 Å². The number of halogens is 1. The molecule has 0 bridgehead atoms. The van der Waals surface area contributed by atoms with E-state index in [0.29, 0.717) is 6.04 Å². The molecule has 0 aromatic heterocycles. The van der Waals surface area contributed by atoms with Gasteiger partial charge in [0.15, 0.2) is 0 Å². The minimum absolute atomic E-state index is 0.163. The lowest BCUT2D eigenvalue weighted by atomic mass is 10.1. The molecule has 0 saturated carbocycles. The maximum atomic E-state index is 13.0. The first-order valence-electron chi connectivity index (χ1n) is 6.13. The van der Waals surface area contributed by atoms with Crippen LogP contribution in [0.3, 0.4) is 0 Å². The van der Waals surface area contributed by atoms with Gasteiger partial charge in [0.05, 0.1) is 0 Å². The fraction of sp³-hybridized carbons (Fsp3) is 0.467. The Morgan fingerprint density at radius 1 is 1.41 bits per heavy atom. The number of hydrogen-bond donors (Lipinski definition) is 1. The minimum Gasteiger partial charge on any atom is -0.314 e. The molecular weight excluding hydrogens is 213 g/mol. The zero-order valence-corrected chi connectivity index (χ0v) is 10.4. The number of hydrogen-bond acceptors (Lipinski definition) is 1. The van der Waals surface area contributed by atoms with Crippen LogP contribution in [-0.2, 0) is 6.42 Å². The second-order valence-corrected chi connectivity index (χ2v) is 4.35. The van der Waals surface area contributed by atoms with Crippen molar-refractivity contribution >= 4 is 0 Å². The molecule has 0 spiro atoms. The first-order chi connectivity index (χ1) is 8.22. The lowest BCUT2D eigenvalue weighted by Crippen LogP contribution is -2.28. The smallest absolute Gasteiger partial charge is 0.123 e. The van der Waals surface area contributed by atoms with Crippen LogP contribution in [0.4, 0.5) is 4.39 Å². The van der Waals surface area contributed by atoms with Crippen LogP contribution in [0, 0.1) is 18.2 Å². The molecule has 1 aromatic carbocycles. The van der Waals surface area contributed by atoms with Crippen molar-refractivity contribution in [3.05, 3.63) is 35.6 Å². The van der Waals surface area contributed by atoms with Crippen LogP contribution in [0.1, 0.15) is 31.7 Å². The van der Waals surface area contributed by atoms with Crippen LogP contribution in [0.25, 0.3) is 0 Å². The molecule has 0 radical (unpaired) electrons. The molecule has 1 atom stereocenters. The van der Waals surface area contributed by atoms with Gasteiger partial charge >= 0.3 is 0 Å². The average Bonchev–Trinajstić information content (AvgIpc) is 2.29. The summed E-state index contributed by atoms with van der Waals surface area (Å²) in [6, 6.07) is 7.14. The standard InChI is InChI=1S/C15H20FN/c1-3-4-5-6-10-17-13(2)11-14-8-7-9-15(16)12-14/h1,7-9,12-13,17H,4-6,10-11H2,2H3. The molecule has 0 aliphatic rings. The first kappa shape index (κ1) is 13.7. The Morgan fingerprint density at radius 2 is 2.24 bits per heavy atom. The Hall–Kier alpha value is -1.33. The summed E-state index contributed by atoms with van der Waals surface area (Å²) in [5, 5.41) is 3.42. The topological polar surface area (TPSA) is 12.0 Å². The maximum absolute atomic E-state index is 13.0. The van der Waals surface area contributed by atoms with Gasteiger partial charge in [-0.15, -0.1) is 12.3 Å². The van der Waals surface area contributed by atoms with Gasteiger partial charge in [0, 0.05) is 12.5 Å². The van der Waals surface area contributed by atoms with Crippen LogP contribution in [0.2, 0.25) is 0 Å². The van der Waals surface area contributed by atoms with Gasteiger partial charge in [0.2, 0.25) is 0 Å². The maximum Gasteiger partial charge on any atom is 0.123 e. The van der Waals surface area contributed by atoms with E-state index < -0.39 is 0 Å². The van der Waals surface area contributed by atoms with Crippen LogP contribution < -0.4 is 5.32 Å². The van der Waals surface area contributed by atoms with E-state index in [2.05, 4.69) is 18.2 Å². The van der Waals surface area contributed by atoms with Crippen LogP contribution in [0.5, 0.6) is 0 Å². The Bertz CT molecular complexity index is 367. The molecule has 17 heavy (non-hydrogen) atoms. The van der Waals surface area contributed by atoms with Crippen molar-refractivity contribution < 1.29 is 4.39 Å². The van der Waals surface area contributed by atoms with E-state index in [1.54, 1.807) is 12.1 Å².